The number of benzene rings is 1. The Bertz CT molecular complexity index is 1190. The minimum absolute atomic E-state index is 0.0105. The van der Waals surface area contributed by atoms with Gasteiger partial charge in [-0.25, -0.2) is 19.7 Å². The number of amides is 1. The van der Waals surface area contributed by atoms with Gasteiger partial charge >= 0.3 is 6.09 Å². The summed E-state index contributed by atoms with van der Waals surface area (Å²) in [5.41, 5.74) is 1.69. The van der Waals surface area contributed by atoms with Crippen LogP contribution in [-0.2, 0) is 25.3 Å². The maximum Gasteiger partial charge on any atom is 0.413 e. The Morgan fingerprint density at radius 3 is 2.62 bits per heavy atom. The van der Waals surface area contributed by atoms with Crippen LogP contribution in [0.2, 0.25) is 0 Å². The van der Waals surface area contributed by atoms with Gasteiger partial charge in [-0.3, -0.25) is 14.6 Å². The molecule has 1 fully saturated rings. The Morgan fingerprint density at radius 1 is 1.19 bits per heavy atom. The highest BCUT2D eigenvalue weighted by Gasteiger charge is 2.46. The van der Waals surface area contributed by atoms with Crippen LogP contribution in [0.15, 0.2) is 43.0 Å². The number of hydrogen-bond acceptors (Lipinski definition) is 9. The molecule has 37 heavy (non-hydrogen) atoms. The standard InChI is InChI=1S/C25H35N6O5P/c1-15(2)31(16(3)4)37-36-20-17(5)35-24(21(20)33-6)30-14-28-19-22(26-13-27-23(19)30)29-25(32)34-12-18-10-8-7-9-11-18/h7-11,13-17,20-21,24,37H,12H2,1-6H3,(H,26,27,29,32)/i5D. The normalized spacial score (nSPS) is 22.5. The summed E-state index contributed by atoms with van der Waals surface area (Å²) in [4.78, 5) is 25.4. The fraction of sp³-hybridized carbons (Fsp3) is 0.520. The molecule has 4 rings (SSSR count). The zero-order valence-electron chi connectivity index (χ0n) is 22.7. The first-order valence-electron chi connectivity index (χ1n) is 12.9. The second-order valence-electron chi connectivity index (χ2n) is 9.27. The number of ether oxygens (including phenoxy) is 3. The van der Waals surface area contributed by atoms with E-state index in [1.165, 1.54) is 6.33 Å². The van der Waals surface area contributed by atoms with Gasteiger partial charge in [0.25, 0.3) is 0 Å². The van der Waals surface area contributed by atoms with Gasteiger partial charge in [0, 0.05) is 20.6 Å². The van der Waals surface area contributed by atoms with Crippen LogP contribution < -0.4 is 5.32 Å². The molecule has 5 atom stereocenters. The number of rotatable bonds is 10. The number of imidazole rings is 1. The predicted molar refractivity (Wildman–Crippen MR) is 141 cm³/mol. The van der Waals surface area contributed by atoms with Crippen molar-refractivity contribution in [1.29, 1.82) is 0 Å². The third-order valence-corrected chi connectivity index (χ3v) is 7.65. The molecule has 1 saturated heterocycles. The predicted octanol–water partition coefficient (Wildman–Crippen LogP) is 4.52. The smallest absolute Gasteiger partial charge is 0.413 e. The number of fused-ring (bicyclic) bond motifs is 1. The molecule has 12 heteroatoms. The Morgan fingerprint density at radius 2 is 1.95 bits per heavy atom. The van der Waals surface area contributed by atoms with E-state index in [-0.39, 0.29) is 28.3 Å². The minimum Gasteiger partial charge on any atom is -0.444 e. The second-order valence-corrected chi connectivity index (χ2v) is 10.2. The van der Waals surface area contributed by atoms with Gasteiger partial charge in [0.1, 0.15) is 25.1 Å². The largest absolute Gasteiger partial charge is 0.444 e. The third kappa shape index (κ3) is 6.25. The number of nitrogens with one attached hydrogen (secondary N) is 1. The molecule has 0 saturated carbocycles. The molecule has 0 aliphatic carbocycles. The summed E-state index contributed by atoms with van der Waals surface area (Å²) in [5.74, 6) is 0.217. The fourth-order valence-electron chi connectivity index (χ4n) is 4.24. The molecule has 3 aromatic rings. The van der Waals surface area contributed by atoms with E-state index in [0.29, 0.717) is 23.2 Å². The number of anilines is 1. The molecule has 3 heterocycles. The van der Waals surface area contributed by atoms with E-state index >= 15 is 0 Å². The van der Waals surface area contributed by atoms with Gasteiger partial charge in [-0.05, 0) is 40.2 Å². The molecule has 1 aliphatic heterocycles. The van der Waals surface area contributed by atoms with Crippen LogP contribution in [0.5, 0.6) is 0 Å². The van der Waals surface area contributed by atoms with Crippen molar-refractivity contribution in [3.63, 3.8) is 0 Å². The zero-order chi connectivity index (χ0) is 27.2. The SMILES string of the molecule is [2H]CC1OC(n2cnc3c(NC(=O)OCc4ccccc4)ncnc32)C(OC)C1OPN(C(C)C)C(C)C. The molecule has 0 bridgehead atoms. The molecule has 1 aliphatic rings. The number of hydrogen-bond donors (Lipinski definition) is 1. The fourth-order valence-corrected chi connectivity index (χ4v) is 5.19. The van der Waals surface area contributed by atoms with Crippen molar-refractivity contribution in [2.45, 2.75) is 77.8 Å². The third-order valence-electron chi connectivity index (χ3n) is 6.03. The van der Waals surface area contributed by atoms with E-state index in [1.807, 2.05) is 30.3 Å². The van der Waals surface area contributed by atoms with E-state index in [9.17, 15) is 4.79 Å². The van der Waals surface area contributed by atoms with Gasteiger partial charge in [-0.15, -0.1) is 0 Å². The number of nitrogens with zero attached hydrogens (tertiary/aromatic N) is 5. The van der Waals surface area contributed by atoms with Gasteiger partial charge in [0.05, 0.1) is 21.4 Å². The molecule has 5 unspecified atom stereocenters. The average Bonchev–Trinajstić information content (AvgIpc) is 3.49. The summed E-state index contributed by atoms with van der Waals surface area (Å²) in [6.45, 7) is 8.64. The van der Waals surface area contributed by atoms with Gasteiger partial charge < -0.3 is 18.7 Å². The molecule has 1 aromatic carbocycles. The van der Waals surface area contributed by atoms with E-state index in [4.69, 9.17) is 20.1 Å². The lowest BCUT2D eigenvalue weighted by Crippen LogP contribution is -2.36. The summed E-state index contributed by atoms with van der Waals surface area (Å²) >= 11 is 0. The van der Waals surface area contributed by atoms with Crippen molar-refractivity contribution >= 4 is 32.0 Å². The molecule has 200 valence electrons. The van der Waals surface area contributed by atoms with Crippen molar-refractivity contribution in [2.24, 2.45) is 0 Å². The van der Waals surface area contributed by atoms with Crippen LogP contribution in [0.4, 0.5) is 10.6 Å². The van der Waals surface area contributed by atoms with Crippen LogP contribution in [0.1, 0.15) is 47.8 Å². The van der Waals surface area contributed by atoms with Crippen LogP contribution in [0.25, 0.3) is 11.2 Å². The Kier molecular flexibility index (Phi) is 8.58. The Labute approximate surface area is 220 Å². The van der Waals surface area contributed by atoms with Crippen LogP contribution in [0, 0.1) is 0 Å². The van der Waals surface area contributed by atoms with Gasteiger partial charge in [0.15, 0.2) is 23.2 Å². The van der Waals surface area contributed by atoms with Crippen molar-refractivity contribution in [3.05, 3.63) is 48.5 Å². The summed E-state index contributed by atoms with van der Waals surface area (Å²) in [7, 11) is 1.69. The van der Waals surface area contributed by atoms with E-state index < -0.39 is 30.6 Å². The Balaban J connectivity index is 1.50. The first kappa shape index (κ1) is 25.9. The lowest BCUT2D eigenvalue weighted by Gasteiger charge is -2.32. The van der Waals surface area contributed by atoms with Crippen molar-refractivity contribution < 1.29 is 24.9 Å². The lowest BCUT2D eigenvalue weighted by molar-refractivity contribution is -0.0460. The van der Waals surface area contributed by atoms with Crippen LogP contribution in [-0.4, -0.2) is 67.8 Å². The maximum absolute atomic E-state index is 12.4. The zero-order valence-corrected chi connectivity index (χ0v) is 22.7. The van der Waals surface area contributed by atoms with Gasteiger partial charge in [0.2, 0.25) is 0 Å². The van der Waals surface area contributed by atoms with Crippen LogP contribution >= 0.6 is 8.96 Å². The van der Waals surface area contributed by atoms with Crippen molar-refractivity contribution in [2.75, 3.05) is 12.4 Å². The summed E-state index contributed by atoms with van der Waals surface area (Å²) in [5, 5.41) is 2.65. The number of carbonyl (C=O) groups excluding carboxylic acids is 1. The highest BCUT2D eigenvalue weighted by molar-refractivity contribution is 7.29. The summed E-state index contributed by atoms with van der Waals surface area (Å²) < 4.78 is 35.7. The van der Waals surface area contributed by atoms with Gasteiger partial charge in [-0.1, -0.05) is 30.3 Å². The molecular formula is C25H35N6O5P. The molecule has 2 aromatic heterocycles. The summed E-state index contributed by atoms with van der Waals surface area (Å²) in [6, 6.07) is 10.0. The molecular weight excluding hydrogens is 495 g/mol. The molecule has 0 radical (unpaired) electrons. The maximum atomic E-state index is 12.4. The monoisotopic (exact) mass is 531 g/mol. The average molecular weight is 532 g/mol. The lowest BCUT2D eigenvalue weighted by atomic mass is 10.1. The highest BCUT2D eigenvalue weighted by Crippen LogP contribution is 2.39. The summed E-state index contributed by atoms with van der Waals surface area (Å²) in [6.07, 6.45) is 0.169. The van der Waals surface area contributed by atoms with E-state index in [1.54, 1.807) is 18.0 Å². The molecule has 11 nitrogen and oxygen atoms in total. The van der Waals surface area contributed by atoms with Crippen LogP contribution in [0.3, 0.4) is 0 Å². The number of carbonyl (C=O) groups is 1. The molecule has 0 spiro atoms. The number of methoxy groups -OCH3 is 1. The topological polar surface area (TPSA) is 113 Å². The van der Waals surface area contributed by atoms with Gasteiger partial charge in [-0.2, -0.15) is 0 Å². The van der Waals surface area contributed by atoms with Crippen molar-refractivity contribution in [1.82, 2.24) is 24.2 Å². The molecule has 1 amide bonds. The quantitative estimate of drug-likeness (QED) is 0.377. The minimum atomic E-state index is -0.654. The van der Waals surface area contributed by atoms with Crippen molar-refractivity contribution in [3.8, 4) is 0 Å². The highest BCUT2D eigenvalue weighted by atomic mass is 31.1. The van der Waals surface area contributed by atoms with E-state index in [2.05, 4.69) is 52.6 Å². The van der Waals surface area contributed by atoms with E-state index in [0.717, 1.165) is 5.56 Å². The molecule has 1 N–H and O–H groups in total. The Hall–Kier alpha value is -2.69. The first-order chi connectivity index (χ1) is 18.3. The first-order valence-corrected chi connectivity index (χ1v) is 13.0. The second kappa shape index (κ2) is 12.2. The number of aromatic nitrogens is 4.